The van der Waals surface area contributed by atoms with Gasteiger partial charge in [0.05, 0.1) is 0 Å². The first kappa shape index (κ1) is 48.5. The lowest BCUT2D eigenvalue weighted by Gasteiger charge is -2.03. The second-order valence-corrected chi connectivity index (χ2v) is 14.3. The highest BCUT2D eigenvalue weighted by atomic mass is 16.4. The molecule has 4 nitrogen and oxygen atoms in total. The Morgan fingerprint density at radius 1 is 0.354 bits per heavy atom. The summed E-state index contributed by atoms with van der Waals surface area (Å²) in [6.07, 6.45) is 54.6. The van der Waals surface area contributed by atoms with Crippen LogP contribution in [-0.2, 0) is 9.59 Å². The van der Waals surface area contributed by atoms with E-state index in [0.29, 0.717) is 6.42 Å². The molecule has 0 aliphatic heterocycles. The van der Waals surface area contributed by atoms with E-state index >= 15 is 0 Å². The van der Waals surface area contributed by atoms with Crippen LogP contribution in [0.1, 0.15) is 245 Å². The van der Waals surface area contributed by atoms with Crippen LogP contribution in [0.3, 0.4) is 0 Å². The van der Waals surface area contributed by atoms with Crippen LogP contribution in [0.2, 0.25) is 0 Å². The molecule has 0 atom stereocenters. The minimum Gasteiger partial charge on any atom is -0.481 e. The third kappa shape index (κ3) is 51.3. The molecule has 0 fully saturated rings. The van der Waals surface area contributed by atoms with E-state index in [0.717, 1.165) is 25.7 Å². The Morgan fingerprint density at radius 2 is 0.604 bits per heavy atom. The zero-order valence-electron chi connectivity index (χ0n) is 32.5. The first-order valence-corrected chi connectivity index (χ1v) is 21.3. The van der Waals surface area contributed by atoms with Crippen molar-refractivity contribution < 1.29 is 19.8 Å². The average Bonchev–Trinajstić information content (AvgIpc) is 3.07. The average molecular weight is 677 g/mol. The predicted octanol–water partition coefficient (Wildman–Crippen LogP) is 15.3. The molecule has 0 aromatic heterocycles. The highest BCUT2D eigenvalue weighted by Gasteiger charge is 1.97. The Balaban J connectivity index is 0. The molecule has 0 aliphatic carbocycles. The zero-order valence-corrected chi connectivity index (χ0v) is 32.5. The zero-order chi connectivity index (χ0) is 35.4. The van der Waals surface area contributed by atoms with Gasteiger partial charge in [-0.15, -0.1) is 0 Å². The standard InChI is InChI=1S/2C22H42O2/c2*1-2-3-4-5-6-7-8-9-10-11-12-13-14-15-16-17-18-19-20-21-22(23)24/h20-21H,2-19H2,1H3,(H,23,24);9-10H,2-8,11-21H2,1H3,(H,23,24)/b;10-9-. The summed E-state index contributed by atoms with van der Waals surface area (Å²) in [6, 6.07) is 0. The third-order valence-electron chi connectivity index (χ3n) is 9.39. The predicted molar refractivity (Wildman–Crippen MR) is 211 cm³/mol. The Kier molecular flexibility index (Phi) is 45.9. The highest BCUT2D eigenvalue weighted by molar-refractivity contribution is 5.79. The van der Waals surface area contributed by atoms with Crippen LogP contribution in [-0.4, -0.2) is 22.2 Å². The summed E-state index contributed by atoms with van der Waals surface area (Å²) in [5.41, 5.74) is 0. The molecule has 0 amide bonds. The van der Waals surface area contributed by atoms with Gasteiger partial charge in [-0.1, -0.05) is 212 Å². The molecule has 0 aliphatic rings. The smallest absolute Gasteiger partial charge is 0.327 e. The van der Waals surface area contributed by atoms with Gasteiger partial charge in [0.2, 0.25) is 0 Å². The van der Waals surface area contributed by atoms with E-state index in [1.807, 2.05) is 0 Å². The van der Waals surface area contributed by atoms with Crippen molar-refractivity contribution in [1.29, 1.82) is 0 Å². The summed E-state index contributed by atoms with van der Waals surface area (Å²) < 4.78 is 0. The number of allylic oxidation sites excluding steroid dienone is 3. The summed E-state index contributed by atoms with van der Waals surface area (Å²) in [4.78, 5) is 20.7. The summed E-state index contributed by atoms with van der Waals surface area (Å²) >= 11 is 0. The van der Waals surface area contributed by atoms with Crippen LogP contribution in [0, 0.1) is 0 Å². The number of carboxylic acids is 2. The SMILES string of the molecule is CCCCCCCC/C=C\CCCCCCCCCCCC(=O)O.CCCCCCCCCCCCCCCCCCCC=CC(=O)O. The van der Waals surface area contributed by atoms with Crippen LogP contribution < -0.4 is 0 Å². The van der Waals surface area contributed by atoms with Crippen molar-refractivity contribution in [3.05, 3.63) is 24.3 Å². The van der Waals surface area contributed by atoms with Gasteiger partial charge in [-0.25, -0.2) is 4.79 Å². The molecule has 0 rings (SSSR count). The van der Waals surface area contributed by atoms with Crippen molar-refractivity contribution in [2.24, 2.45) is 0 Å². The largest absolute Gasteiger partial charge is 0.481 e. The number of hydrogen-bond acceptors (Lipinski definition) is 2. The Hall–Kier alpha value is -1.58. The van der Waals surface area contributed by atoms with Gasteiger partial charge in [0.15, 0.2) is 0 Å². The first-order valence-electron chi connectivity index (χ1n) is 21.3. The molecule has 0 aromatic carbocycles. The topological polar surface area (TPSA) is 74.6 Å². The van der Waals surface area contributed by atoms with Crippen molar-refractivity contribution in [3.8, 4) is 0 Å². The van der Waals surface area contributed by atoms with Crippen molar-refractivity contribution in [2.75, 3.05) is 0 Å². The molecule has 0 saturated heterocycles. The lowest BCUT2D eigenvalue weighted by atomic mass is 10.0. The van der Waals surface area contributed by atoms with Gasteiger partial charge < -0.3 is 10.2 Å². The third-order valence-corrected chi connectivity index (χ3v) is 9.39. The van der Waals surface area contributed by atoms with E-state index < -0.39 is 11.9 Å². The van der Waals surface area contributed by atoms with Gasteiger partial charge in [-0.3, -0.25) is 4.79 Å². The van der Waals surface area contributed by atoms with Crippen LogP contribution >= 0.6 is 0 Å². The molecule has 4 heteroatoms. The van der Waals surface area contributed by atoms with Gasteiger partial charge >= 0.3 is 11.9 Å². The molecule has 0 saturated carbocycles. The lowest BCUT2D eigenvalue weighted by molar-refractivity contribution is -0.137. The van der Waals surface area contributed by atoms with Gasteiger partial charge in [-0.05, 0) is 44.9 Å². The highest BCUT2D eigenvalue weighted by Crippen LogP contribution is 2.15. The van der Waals surface area contributed by atoms with Crippen LogP contribution in [0.25, 0.3) is 0 Å². The normalized spacial score (nSPS) is 11.4. The molecular weight excluding hydrogens is 592 g/mol. The number of carboxylic acid groups (broad SMARTS) is 2. The minimum absolute atomic E-state index is 0.340. The first-order chi connectivity index (χ1) is 23.5. The van der Waals surface area contributed by atoms with E-state index in [1.54, 1.807) is 6.08 Å². The lowest BCUT2D eigenvalue weighted by Crippen LogP contribution is -1.93. The monoisotopic (exact) mass is 677 g/mol. The maximum atomic E-state index is 10.4. The molecule has 0 bridgehead atoms. The molecule has 284 valence electrons. The molecule has 48 heavy (non-hydrogen) atoms. The van der Waals surface area contributed by atoms with Crippen molar-refractivity contribution in [2.45, 2.75) is 245 Å². The Labute approximate surface area is 300 Å². The van der Waals surface area contributed by atoms with Gasteiger partial charge in [0, 0.05) is 12.5 Å². The fourth-order valence-corrected chi connectivity index (χ4v) is 6.23. The van der Waals surface area contributed by atoms with Gasteiger partial charge in [0.25, 0.3) is 0 Å². The van der Waals surface area contributed by atoms with Gasteiger partial charge in [-0.2, -0.15) is 0 Å². The van der Waals surface area contributed by atoms with Gasteiger partial charge in [0.1, 0.15) is 0 Å². The van der Waals surface area contributed by atoms with E-state index in [2.05, 4.69) is 26.0 Å². The Morgan fingerprint density at radius 3 is 0.875 bits per heavy atom. The van der Waals surface area contributed by atoms with Crippen molar-refractivity contribution >= 4 is 11.9 Å². The van der Waals surface area contributed by atoms with Crippen molar-refractivity contribution in [1.82, 2.24) is 0 Å². The van der Waals surface area contributed by atoms with E-state index in [4.69, 9.17) is 10.2 Å². The fraction of sp³-hybridized carbons (Fsp3) is 0.864. The second-order valence-electron chi connectivity index (χ2n) is 14.3. The number of hydrogen-bond donors (Lipinski definition) is 2. The number of unbranched alkanes of at least 4 members (excludes halogenated alkanes) is 32. The van der Waals surface area contributed by atoms with E-state index in [-0.39, 0.29) is 0 Å². The number of carbonyl (C=O) groups is 2. The molecule has 0 unspecified atom stereocenters. The molecule has 0 heterocycles. The maximum absolute atomic E-state index is 10.4. The summed E-state index contributed by atoms with van der Waals surface area (Å²) in [7, 11) is 0. The van der Waals surface area contributed by atoms with Crippen molar-refractivity contribution in [3.63, 3.8) is 0 Å². The summed E-state index contributed by atoms with van der Waals surface area (Å²) in [5, 5.41) is 17.0. The van der Waals surface area contributed by atoms with Crippen LogP contribution in [0.15, 0.2) is 24.3 Å². The minimum atomic E-state index is -0.832. The molecule has 0 radical (unpaired) electrons. The number of rotatable bonds is 38. The van der Waals surface area contributed by atoms with E-state index in [1.165, 1.54) is 205 Å². The summed E-state index contributed by atoms with van der Waals surface area (Å²) in [5.74, 6) is -1.49. The Bertz CT molecular complexity index is 683. The summed E-state index contributed by atoms with van der Waals surface area (Å²) in [6.45, 7) is 4.55. The van der Waals surface area contributed by atoms with Crippen LogP contribution in [0.5, 0.6) is 0 Å². The number of aliphatic carboxylic acids is 2. The quantitative estimate of drug-likeness (QED) is 0.0388. The van der Waals surface area contributed by atoms with E-state index in [9.17, 15) is 9.59 Å². The molecule has 0 aromatic rings. The maximum Gasteiger partial charge on any atom is 0.327 e. The molecular formula is C44H84O4. The molecule has 2 N–H and O–H groups in total. The molecule has 0 spiro atoms. The fourth-order valence-electron chi connectivity index (χ4n) is 6.23. The second kappa shape index (κ2) is 45.4. The van der Waals surface area contributed by atoms with Crippen LogP contribution in [0.4, 0.5) is 0 Å².